The van der Waals surface area contributed by atoms with E-state index in [1.807, 2.05) is 6.07 Å². The lowest BCUT2D eigenvalue weighted by Gasteiger charge is -2.07. The van der Waals surface area contributed by atoms with Crippen LogP contribution in [0.3, 0.4) is 0 Å². The van der Waals surface area contributed by atoms with E-state index in [1.165, 1.54) is 6.26 Å². The molecule has 0 saturated heterocycles. The van der Waals surface area contributed by atoms with Gasteiger partial charge in [-0.15, -0.1) is 0 Å². The van der Waals surface area contributed by atoms with Crippen molar-refractivity contribution in [1.29, 1.82) is 0 Å². The summed E-state index contributed by atoms with van der Waals surface area (Å²) in [5.41, 5.74) is 2.06. The van der Waals surface area contributed by atoms with E-state index in [4.69, 9.17) is 4.42 Å². The summed E-state index contributed by atoms with van der Waals surface area (Å²) in [6.45, 7) is 1.01. The Balaban J connectivity index is 1.80. The molecule has 0 bridgehead atoms. The molecule has 6 heteroatoms. The molecule has 0 amide bonds. The summed E-state index contributed by atoms with van der Waals surface area (Å²) in [5, 5.41) is 3.17. The van der Waals surface area contributed by atoms with E-state index < -0.39 is 10.0 Å². The molecule has 0 radical (unpaired) electrons. The molecule has 0 spiro atoms. The summed E-state index contributed by atoms with van der Waals surface area (Å²) >= 11 is 0. The number of nitrogens with one attached hydrogen (secondary N) is 2. The Hall–Kier alpha value is -1.79. The van der Waals surface area contributed by atoms with Crippen LogP contribution >= 0.6 is 0 Å². The summed E-state index contributed by atoms with van der Waals surface area (Å²) in [6.07, 6.45) is 2.46. The number of hydrogen-bond acceptors (Lipinski definition) is 4. The highest BCUT2D eigenvalue weighted by atomic mass is 32.2. The van der Waals surface area contributed by atoms with Gasteiger partial charge < -0.3 is 9.73 Å². The first-order chi connectivity index (χ1) is 9.15. The number of anilines is 1. The van der Waals surface area contributed by atoms with E-state index in [-0.39, 0.29) is 11.4 Å². The van der Waals surface area contributed by atoms with Crippen molar-refractivity contribution >= 4 is 15.7 Å². The lowest BCUT2D eigenvalue weighted by atomic mass is 10.2. The average Bonchev–Trinajstić information content (AvgIpc) is 3.06. The van der Waals surface area contributed by atoms with Crippen molar-refractivity contribution in [3.63, 3.8) is 0 Å². The van der Waals surface area contributed by atoms with Crippen LogP contribution in [0.15, 0.2) is 45.9 Å². The van der Waals surface area contributed by atoms with Gasteiger partial charge >= 0.3 is 0 Å². The molecule has 1 aromatic carbocycles. The van der Waals surface area contributed by atoms with Gasteiger partial charge in [0.15, 0.2) is 0 Å². The van der Waals surface area contributed by atoms with Gasteiger partial charge in [0.1, 0.15) is 5.76 Å². The summed E-state index contributed by atoms with van der Waals surface area (Å²) in [4.78, 5) is 0.271. The minimum absolute atomic E-state index is 0.153. The molecule has 0 unspecified atom stereocenters. The van der Waals surface area contributed by atoms with Gasteiger partial charge in [-0.2, -0.15) is 0 Å². The number of benzene rings is 1. The van der Waals surface area contributed by atoms with Gasteiger partial charge in [-0.05, 0) is 36.2 Å². The average molecular weight is 278 g/mol. The Kier molecular flexibility index (Phi) is 3.04. The van der Waals surface area contributed by atoms with Crippen LogP contribution in [-0.4, -0.2) is 15.0 Å². The Morgan fingerprint density at radius 1 is 1.32 bits per heavy atom. The lowest BCUT2D eigenvalue weighted by Crippen LogP contribution is -2.23. The highest BCUT2D eigenvalue weighted by Gasteiger charge is 2.18. The summed E-state index contributed by atoms with van der Waals surface area (Å²) in [5.74, 6) is 0.586. The summed E-state index contributed by atoms with van der Waals surface area (Å²) < 4.78 is 31.9. The van der Waals surface area contributed by atoms with Crippen LogP contribution < -0.4 is 10.0 Å². The lowest BCUT2D eigenvalue weighted by molar-refractivity contribution is 0.498. The second-order valence-corrected chi connectivity index (χ2v) is 6.17. The van der Waals surface area contributed by atoms with Crippen LogP contribution in [0.25, 0.3) is 0 Å². The van der Waals surface area contributed by atoms with E-state index in [2.05, 4.69) is 10.0 Å². The number of fused-ring (bicyclic) bond motifs is 1. The largest absolute Gasteiger partial charge is 0.468 e. The molecule has 3 rings (SSSR count). The third-order valence-electron chi connectivity index (χ3n) is 3.12. The molecule has 0 fully saturated rings. The summed E-state index contributed by atoms with van der Waals surface area (Å²) in [6, 6.07) is 8.62. The van der Waals surface area contributed by atoms with Crippen molar-refractivity contribution in [3.05, 3.63) is 47.9 Å². The molecular formula is C13H14N2O3S. The van der Waals surface area contributed by atoms with E-state index in [0.717, 1.165) is 24.2 Å². The molecule has 1 aliphatic rings. The zero-order chi connectivity index (χ0) is 13.3. The third-order valence-corrected chi connectivity index (χ3v) is 4.52. The van der Waals surface area contributed by atoms with Crippen molar-refractivity contribution in [2.45, 2.75) is 17.9 Å². The second-order valence-electron chi connectivity index (χ2n) is 4.40. The van der Waals surface area contributed by atoms with Crippen LogP contribution in [0.2, 0.25) is 0 Å². The molecule has 0 atom stereocenters. The third kappa shape index (κ3) is 2.50. The van der Waals surface area contributed by atoms with Crippen molar-refractivity contribution in [3.8, 4) is 0 Å². The zero-order valence-corrected chi connectivity index (χ0v) is 11.0. The molecule has 100 valence electrons. The van der Waals surface area contributed by atoms with Gasteiger partial charge in [0.25, 0.3) is 0 Å². The maximum atomic E-state index is 12.1. The van der Waals surface area contributed by atoms with Crippen LogP contribution in [-0.2, 0) is 23.0 Å². The van der Waals surface area contributed by atoms with Crippen molar-refractivity contribution < 1.29 is 12.8 Å². The highest BCUT2D eigenvalue weighted by molar-refractivity contribution is 7.89. The molecule has 2 heterocycles. The van der Waals surface area contributed by atoms with Gasteiger partial charge in [0, 0.05) is 12.2 Å². The number of furan rings is 1. The maximum absolute atomic E-state index is 12.1. The van der Waals surface area contributed by atoms with Gasteiger partial charge in [-0.3, -0.25) is 0 Å². The first kappa shape index (κ1) is 12.3. The van der Waals surface area contributed by atoms with Gasteiger partial charge in [0.2, 0.25) is 10.0 Å². The topological polar surface area (TPSA) is 71.3 Å². The van der Waals surface area contributed by atoms with Gasteiger partial charge in [0.05, 0.1) is 17.7 Å². The minimum atomic E-state index is -3.51. The van der Waals surface area contributed by atoms with E-state index in [0.29, 0.717) is 5.76 Å². The maximum Gasteiger partial charge on any atom is 0.241 e. The predicted molar refractivity (Wildman–Crippen MR) is 71.4 cm³/mol. The molecular weight excluding hydrogens is 264 g/mol. The van der Waals surface area contributed by atoms with Crippen molar-refractivity contribution in [2.75, 3.05) is 11.9 Å². The molecule has 1 aliphatic heterocycles. The standard InChI is InChI=1S/C13H14N2O3S/c16-19(17,15-9-11-2-1-7-18-11)12-4-3-10-5-6-14-13(10)8-12/h1-4,7-8,14-15H,5-6,9H2. The minimum Gasteiger partial charge on any atom is -0.468 e. The molecule has 19 heavy (non-hydrogen) atoms. The Bertz CT molecular complexity index is 678. The fourth-order valence-electron chi connectivity index (χ4n) is 2.10. The van der Waals surface area contributed by atoms with Gasteiger partial charge in [-0.1, -0.05) is 6.07 Å². The number of rotatable bonds is 4. The van der Waals surface area contributed by atoms with Crippen LogP contribution in [0.5, 0.6) is 0 Å². The highest BCUT2D eigenvalue weighted by Crippen LogP contribution is 2.25. The van der Waals surface area contributed by atoms with E-state index in [9.17, 15) is 8.42 Å². The monoisotopic (exact) mass is 278 g/mol. The van der Waals surface area contributed by atoms with Crippen LogP contribution in [0, 0.1) is 0 Å². The Labute approximate surface area is 111 Å². The second kappa shape index (κ2) is 4.71. The fourth-order valence-corrected chi connectivity index (χ4v) is 3.12. The summed E-state index contributed by atoms with van der Waals surface area (Å²) in [7, 11) is -3.51. The van der Waals surface area contributed by atoms with Crippen LogP contribution in [0.4, 0.5) is 5.69 Å². The molecule has 2 aromatic rings. The Morgan fingerprint density at radius 3 is 3.00 bits per heavy atom. The fraction of sp³-hybridized carbons (Fsp3) is 0.231. The van der Waals surface area contributed by atoms with Crippen molar-refractivity contribution in [2.24, 2.45) is 0 Å². The molecule has 1 aromatic heterocycles. The van der Waals surface area contributed by atoms with E-state index in [1.54, 1.807) is 24.3 Å². The predicted octanol–water partition coefficient (Wildman–Crippen LogP) is 1.73. The smallest absolute Gasteiger partial charge is 0.241 e. The SMILES string of the molecule is O=S(=O)(NCc1ccco1)c1ccc2c(c1)NCC2. The first-order valence-corrected chi connectivity index (χ1v) is 7.52. The first-order valence-electron chi connectivity index (χ1n) is 6.04. The normalized spacial score (nSPS) is 14.1. The molecule has 0 aliphatic carbocycles. The number of hydrogen-bond donors (Lipinski definition) is 2. The Morgan fingerprint density at radius 2 is 2.21 bits per heavy atom. The van der Waals surface area contributed by atoms with Crippen LogP contribution in [0.1, 0.15) is 11.3 Å². The van der Waals surface area contributed by atoms with Gasteiger partial charge in [-0.25, -0.2) is 13.1 Å². The molecule has 2 N–H and O–H groups in total. The quantitative estimate of drug-likeness (QED) is 0.893. The molecule has 0 saturated carbocycles. The number of sulfonamides is 1. The molecule has 5 nitrogen and oxygen atoms in total. The van der Waals surface area contributed by atoms with Crippen molar-refractivity contribution in [1.82, 2.24) is 4.72 Å². The zero-order valence-electron chi connectivity index (χ0n) is 10.2. The van der Waals surface area contributed by atoms with E-state index >= 15 is 0 Å².